The Morgan fingerprint density at radius 3 is 3.07 bits per heavy atom. The van der Waals surface area contributed by atoms with Crippen LogP contribution in [-0.2, 0) is 12.0 Å². The standard InChI is InChI=1S/C9H14N4O2/c1-9(2)6-5(3-11-7(9)10)4-12-13(6)8(14)15/h4,7,11H,3,10H2,1-2H3,(H,14,15). The molecule has 1 aliphatic heterocycles. The van der Waals surface area contributed by atoms with Crippen LogP contribution in [0.1, 0.15) is 25.1 Å². The molecule has 6 heteroatoms. The average Bonchev–Trinajstić information content (AvgIpc) is 2.56. The summed E-state index contributed by atoms with van der Waals surface area (Å²) in [6.07, 6.45) is 0.239. The molecular formula is C9H14N4O2. The van der Waals surface area contributed by atoms with Gasteiger partial charge in [-0.05, 0) is 0 Å². The summed E-state index contributed by atoms with van der Waals surface area (Å²) < 4.78 is 1.01. The molecule has 1 aromatic heterocycles. The van der Waals surface area contributed by atoms with Gasteiger partial charge < -0.3 is 10.8 Å². The SMILES string of the molecule is CC1(C)c2c(cnn2C(=O)O)CNC1N. The van der Waals surface area contributed by atoms with Gasteiger partial charge in [-0.1, -0.05) is 13.8 Å². The molecule has 0 saturated heterocycles. The van der Waals surface area contributed by atoms with E-state index in [0.29, 0.717) is 12.2 Å². The van der Waals surface area contributed by atoms with E-state index in [1.165, 1.54) is 0 Å². The highest BCUT2D eigenvalue weighted by atomic mass is 16.4. The molecule has 2 heterocycles. The average molecular weight is 210 g/mol. The molecule has 0 aromatic carbocycles. The number of hydrogen-bond donors (Lipinski definition) is 3. The third-order valence-corrected chi connectivity index (χ3v) is 2.93. The fourth-order valence-corrected chi connectivity index (χ4v) is 1.97. The monoisotopic (exact) mass is 210 g/mol. The Morgan fingerprint density at radius 2 is 2.47 bits per heavy atom. The second kappa shape index (κ2) is 3.04. The van der Waals surface area contributed by atoms with Crippen molar-refractivity contribution in [3.8, 4) is 0 Å². The molecule has 1 aromatic rings. The van der Waals surface area contributed by atoms with E-state index in [1.54, 1.807) is 6.20 Å². The molecular weight excluding hydrogens is 196 g/mol. The molecule has 0 aliphatic carbocycles. The van der Waals surface area contributed by atoms with Crippen molar-refractivity contribution in [2.75, 3.05) is 0 Å². The molecule has 0 bridgehead atoms. The number of carbonyl (C=O) groups is 1. The second-order valence-electron chi connectivity index (χ2n) is 4.29. The van der Waals surface area contributed by atoms with Crippen LogP contribution in [0.3, 0.4) is 0 Å². The number of nitrogens with two attached hydrogens (primary N) is 1. The first-order valence-electron chi connectivity index (χ1n) is 4.74. The lowest BCUT2D eigenvalue weighted by Gasteiger charge is -2.36. The highest BCUT2D eigenvalue weighted by Gasteiger charge is 2.38. The third kappa shape index (κ3) is 1.33. The number of hydrogen-bond acceptors (Lipinski definition) is 4. The maximum Gasteiger partial charge on any atom is 0.432 e. The minimum Gasteiger partial charge on any atom is -0.463 e. The van der Waals surface area contributed by atoms with Gasteiger partial charge in [-0.2, -0.15) is 9.78 Å². The maximum absolute atomic E-state index is 11.0. The fraction of sp³-hybridized carbons (Fsp3) is 0.556. The minimum atomic E-state index is -1.07. The molecule has 0 spiro atoms. The fourth-order valence-electron chi connectivity index (χ4n) is 1.97. The number of nitrogens with zero attached hydrogens (tertiary/aromatic N) is 2. The Bertz CT molecular complexity index is 410. The van der Waals surface area contributed by atoms with Crippen LogP contribution in [0.15, 0.2) is 6.20 Å². The van der Waals surface area contributed by atoms with Crippen LogP contribution in [0, 0.1) is 0 Å². The zero-order valence-corrected chi connectivity index (χ0v) is 8.69. The van der Waals surface area contributed by atoms with Gasteiger partial charge in [0.25, 0.3) is 0 Å². The molecule has 82 valence electrons. The van der Waals surface area contributed by atoms with Crippen LogP contribution in [-0.4, -0.2) is 27.1 Å². The molecule has 6 nitrogen and oxygen atoms in total. The van der Waals surface area contributed by atoms with E-state index >= 15 is 0 Å². The van der Waals surface area contributed by atoms with Crippen molar-refractivity contribution in [3.05, 3.63) is 17.5 Å². The molecule has 0 amide bonds. The zero-order valence-electron chi connectivity index (χ0n) is 8.69. The quantitative estimate of drug-likeness (QED) is 0.563. The number of rotatable bonds is 0. The van der Waals surface area contributed by atoms with Gasteiger partial charge in [0.2, 0.25) is 0 Å². The predicted molar refractivity (Wildman–Crippen MR) is 53.5 cm³/mol. The van der Waals surface area contributed by atoms with E-state index in [2.05, 4.69) is 10.4 Å². The van der Waals surface area contributed by atoms with Crippen LogP contribution in [0.2, 0.25) is 0 Å². The lowest BCUT2D eigenvalue weighted by atomic mass is 9.81. The molecule has 4 N–H and O–H groups in total. The summed E-state index contributed by atoms with van der Waals surface area (Å²) in [7, 11) is 0. The van der Waals surface area contributed by atoms with Gasteiger partial charge in [0.15, 0.2) is 0 Å². The first-order chi connectivity index (χ1) is 6.94. The second-order valence-corrected chi connectivity index (χ2v) is 4.29. The maximum atomic E-state index is 11.0. The van der Waals surface area contributed by atoms with E-state index in [-0.39, 0.29) is 6.17 Å². The minimum absolute atomic E-state index is 0.264. The van der Waals surface area contributed by atoms with Crippen molar-refractivity contribution >= 4 is 6.09 Å². The summed E-state index contributed by atoms with van der Waals surface area (Å²) in [4.78, 5) is 11.0. The van der Waals surface area contributed by atoms with Crippen molar-refractivity contribution in [1.82, 2.24) is 15.1 Å². The molecule has 1 atom stereocenters. The van der Waals surface area contributed by atoms with E-state index in [1.807, 2.05) is 13.8 Å². The Labute approximate surface area is 87.1 Å². The first-order valence-corrected chi connectivity index (χ1v) is 4.74. The summed E-state index contributed by atoms with van der Waals surface area (Å²) in [5.41, 5.74) is 7.04. The number of aromatic nitrogens is 2. The van der Waals surface area contributed by atoms with Crippen LogP contribution in [0.25, 0.3) is 0 Å². The van der Waals surface area contributed by atoms with Crippen molar-refractivity contribution in [3.63, 3.8) is 0 Å². The molecule has 0 saturated carbocycles. The van der Waals surface area contributed by atoms with Crippen molar-refractivity contribution in [1.29, 1.82) is 0 Å². The largest absolute Gasteiger partial charge is 0.463 e. The summed E-state index contributed by atoms with van der Waals surface area (Å²) in [6.45, 7) is 4.38. The van der Waals surface area contributed by atoms with Crippen LogP contribution < -0.4 is 11.1 Å². The molecule has 15 heavy (non-hydrogen) atoms. The van der Waals surface area contributed by atoms with Crippen molar-refractivity contribution in [2.24, 2.45) is 5.73 Å². The van der Waals surface area contributed by atoms with Gasteiger partial charge in [0, 0.05) is 17.5 Å². The summed E-state index contributed by atoms with van der Waals surface area (Å²) >= 11 is 0. The molecule has 0 fully saturated rings. The van der Waals surface area contributed by atoms with Crippen LogP contribution >= 0.6 is 0 Å². The van der Waals surface area contributed by atoms with E-state index in [4.69, 9.17) is 10.8 Å². The number of nitrogens with one attached hydrogen (secondary N) is 1. The summed E-state index contributed by atoms with van der Waals surface area (Å²) in [5, 5.41) is 15.9. The normalized spacial score (nSPS) is 23.5. The van der Waals surface area contributed by atoms with E-state index in [9.17, 15) is 4.79 Å². The highest BCUT2D eigenvalue weighted by molar-refractivity contribution is 5.69. The van der Waals surface area contributed by atoms with Gasteiger partial charge in [-0.25, -0.2) is 4.79 Å². The smallest absolute Gasteiger partial charge is 0.432 e. The van der Waals surface area contributed by atoms with Gasteiger partial charge in [-0.3, -0.25) is 5.32 Å². The van der Waals surface area contributed by atoms with Gasteiger partial charge in [0.05, 0.1) is 18.1 Å². The number of fused-ring (bicyclic) bond motifs is 1. The van der Waals surface area contributed by atoms with E-state index < -0.39 is 11.5 Å². The van der Waals surface area contributed by atoms with Gasteiger partial charge >= 0.3 is 6.09 Å². The van der Waals surface area contributed by atoms with E-state index in [0.717, 1.165) is 10.2 Å². The van der Waals surface area contributed by atoms with Crippen molar-refractivity contribution < 1.29 is 9.90 Å². The Kier molecular flexibility index (Phi) is 2.06. The molecule has 2 rings (SSSR count). The molecule has 1 unspecified atom stereocenters. The Hall–Kier alpha value is -1.40. The lowest BCUT2D eigenvalue weighted by molar-refractivity contribution is 0.187. The first kappa shape index (κ1) is 10.1. The lowest BCUT2D eigenvalue weighted by Crippen LogP contribution is -2.55. The summed E-state index contributed by atoms with van der Waals surface area (Å²) in [5.74, 6) is 0. The number of carboxylic acid groups (broad SMARTS) is 1. The topological polar surface area (TPSA) is 93.2 Å². The third-order valence-electron chi connectivity index (χ3n) is 2.93. The Morgan fingerprint density at radius 1 is 1.80 bits per heavy atom. The van der Waals surface area contributed by atoms with Gasteiger partial charge in [0.1, 0.15) is 0 Å². The molecule has 0 radical (unpaired) electrons. The highest BCUT2D eigenvalue weighted by Crippen LogP contribution is 2.31. The summed E-state index contributed by atoms with van der Waals surface area (Å²) in [6, 6.07) is 0. The Balaban J connectivity index is 2.60. The molecule has 1 aliphatic rings. The van der Waals surface area contributed by atoms with Crippen LogP contribution in [0.5, 0.6) is 0 Å². The van der Waals surface area contributed by atoms with Gasteiger partial charge in [-0.15, -0.1) is 0 Å². The zero-order chi connectivity index (χ0) is 11.2. The van der Waals surface area contributed by atoms with Crippen molar-refractivity contribution in [2.45, 2.75) is 32.0 Å². The van der Waals surface area contributed by atoms with Crippen LogP contribution in [0.4, 0.5) is 4.79 Å². The predicted octanol–water partition coefficient (Wildman–Crippen LogP) is 0.0748.